The van der Waals surface area contributed by atoms with Crippen molar-refractivity contribution in [2.24, 2.45) is 5.73 Å². The number of rotatable bonds is 4. The number of carbonyl (C=O) groups is 1. The van der Waals surface area contributed by atoms with Crippen molar-refractivity contribution in [3.05, 3.63) is 59.8 Å². The number of H-pyrrole nitrogens is 1. The number of aryl methyl sites for hydroxylation is 1. The Kier molecular flexibility index (Phi) is 4.95. The van der Waals surface area contributed by atoms with Crippen LogP contribution in [0.1, 0.15) is 11.3 Å². The number of benzene rings is 2. The van der Waals surface area contributed by atoms with Gasteiger partial charge in [-0.2, -0.15) is 5.10 Å². The zero-order valence-corrected chi connectivity index (χ0v) is 14.6. The summed E-state index contributed by atoms with van der Waals surface area (Å²) in [6, 6.07) is 14.9. The second-order valence-electron chi connectivity index (χ2n) is 5.68. The molecule has 3 rings (SSSR count). The van der Waals surface area contributed by atoms with Crippen molar-refractivity contribution in [3.63, 3.8) is 0 Å². The van der Waals surface area contributed by atoms with Crippen LogP contribution in [-0.2, 0) is 6.42 Å². The number of hydrogen-bond acceptors (Lipinski definition) is 3. The number of nitrogens with two attached hydrogens (primary N) is 1. The summed E-state index contributed by atoms with van der Waals surface area (Å²) in [7, 11) is 0. The molecule has 0 saturated heterocycles. The van der Waals surface area contributed by atoms with Crippen LogP contribution in [0.3, 0.4) is 0 Å². The lowest BCUT2D eigenvalue weighted by molar-refractivity contribution is 0.256. The van der Waals surface area contributed by atoms with Crippen LogP contribution in [0, 0.1) is 6.92 Å². The summed E-state index contributed by atoms with van der Waals surface area (Å²) in [5.41, 5.74) is 9.10. The van der Waals surface area contributed by atoms with Gasteiger partial charge in [-0.25, -0.2) is 9.69 Å². The minimum Gasteiger partial charge on any atom is -0.362 e. The average molecular weight is 353 g/mol. The monoisotopic (exact) mass is 353 g/mol. The van der Waals surface area contributed by atoms with Crippen LogP contribution < -0.4 is 16.0 Å². The number of thiocarbonyl (C=S) groups is 1. The van der Waals surface area contributed by atoms with Gasteiger partial charge in [0.1, 0.15) is 0 Å². The molecule has 0 unspecified atom stereocenters. The molecule has 0 aliphatic heterocycles. The van der Waals surface area contributed by atoms with Crippen molar-refractivity contribution < 1.29 is 4.79 Å². The largest absolute Gasteiger partial charge is 0.362 e. The van der Waals surface area contributed by atoms with Crippen LogP contribution in [0.4, 0.5) is 10.5 Å². The number of aromatic nitrogens is 2. The van der Waals surface area contributed by atoms with Crippen molar-refractivity contribution in [3.8, 4) is 0 Å². The molecule has 0 bridgehead atoms. The first kappa shape index (κ1) is 16.9. The van der Waals surface area contributed by atoms with E-state index in [0.29, 0.717) is 12.2 Å². The fourth-order valence-electron chi connectivity index (χ4n) is 2.65. The van der Waals surface area contributed by atoms with Crippen LogP contribution in [0.5, 0.6) is 0 Å². The van der Waals surface area contributed by atoms with Crippen molar-refractivity contribution in [1.82, 2.24) is 15.5 Å². The summed E-state index contributed by atoms with van der Waals surface area (Å²) in [4.78, 5) is 13.2. The van der Waals surface area contributed by atoms with Gasteiger partial charge in [0.05, 0.1) is 16.9 Å². The molecular formula is C18H19N5OS. The molecule has 0 spiro atoms. The van der Waals surface area contributed by atoms with E-state index in [9.17, 15) is 4.79 Å². The SMILES string of the molecule is Cc1n[nH]c2ccc(N(C(N)=O)C(=S)NCCc3ccccc3)cc12. The molecule has 128 valence electrons. The number of fused-ring (bicyclic) bond motifs is 1. The highest BCUT2D eigenvalue weighted by molar-refractivity contribution is 7.80. The summed E-state index contributed by atoms with van der Waals surface area (Å²) in [6.07, 6.45) is 0.799. The molecule has 7 heteroatoms. The predicted molar refractivity (Wildman–Crippen MR) is 104 cm³/mol. The third-order valence-corrected chi connectivity index (χ3v) is 4.28. The fourth-order valence-corrected chi connectivity index (χ4v) is 2.95. The minimum absolute atomic E-state index is 0.281. The Morgan fingerprint density at radius 3 is 2.76 bits per heavy atom. The van der Waals surface area contributed by atoms with Crippen molar-refractivity contribution >= 4 is 40.0 Å². The summed E-state index contributed by atoms with van der Waals surface area (Å²) in [6.45, 7) is 2.51. The number of nitrogens with one attached hydrogen (secondary N) is 2. The van der Waals surface area contributed by atoms with Gasteiger partial charge in [-0.1, -0.05) is 30.3 Å². The fraction of sp³-hybridized carbons (Fsp3) is 0.167. The first-order chi connectivity index (χ1) is 12.1. The molecule has 0 aliphatic carbocycles. The van der Waals surface area contributed by atoms with E-state index in [1.165, 1.54) is 10.5 Å². The van der Waals surface area contributed by atoms with E-state index in [0.717, 1.165) is 23.0 Å². The Morgan fingerprint density at radius 1 is 1.28 bits per heavy atom. The standard InChI is InChI=1S/C18H19N5OS/c1-12-15-11-14(7-8-16(15)22-21-12)23(17(19)24)18(25)20-10-9-13-5-3-2-4-6-13/h2-8,11H,9-10H2,1H3,(H2,19,24)(H,20,25)(H,21,22). The van der Waals surface area contributed by atoms with E-state index in [2.05, 4.69) is 15.5 Å². The van der Waals surface area contributed by atoms with E-state index >= 15 is 0 Å². The van der Waals surface area contributed by atoms with Gasteiger partial charge in [0, 0.05) is 11.9 Å². The number of hydrogen-bond donors (Lipinski definition) is 3. The highest BCUT2D eigenvalue weighted by Gasteiger charge is 2.18. The van der Waals surface area contributed by atoms with E-state index in [1.807, 2.05) is 49.4 Å². The van der Waals surface area contributed by atoms with Gasteiger partial charge in [0.15, 0.2) is 5.11 Å². The number of anilines is 1. The second-order valence-corrected chi connectivity index (χ2v) is 6.07. The number of urea groups is 1. The van der Waals surface area contributed by atoms with E-state index < -0.39 is 6.03 Å². The lowest BCUT2D eigenvalue weighted by atomic mass is 10.1. The van der Waals surface area contributed by atoms with Gasteiger partial charge in [0.2, 0.25) is 0 Å². The number of amides is 2. The summed E-state index contributed by atoms with van der Waals surface area (Å²) in [5.74, 6) is 0. The maximum absolute atomic E-state index is 11.9. The molecule has 2 amide bonds. The van der Waals surface area contributed by atoms with Gasteiger partial charge in [-0.05, 0) is 49.3 Å². The van der Waals surface area contributed by atoms with Crippen LogP contribution >= 0.6 is 12.2 Å². The highest BCUT2D eigenvalue weighted by Crippen LogP contribution is 2.23. The molecule has 4 N–H and O–H groups in total. The number of carbonyl (C=O) groups excluding carboxylic acids is 1. The van der Waals surface area contributed by atoms with Crippen molar-refractivity contribution in [2.75, 3.05) is 11.4 Å². The Bertz CT molecular complexity index is 906. The lowest BCUT2D eigenvalue weighted by Crippen LogP contribution is -2.47. The summed E-state index contributed by atoms with van der Waals surface area (Å²) >= 11 is 5.37. The first-order valence-electron chi connectivity index (χ1n) is 7.92. The Morgan fingerprint density at radius 2 is 2.04 bits per heavy atom. The zero-order valence-electron chi connectivity index (χ0n) is 13.8. The smallest absolute Gasteiger partial charge is 0.325 e. The molecule has 1 aromatic heterocycles. The van der Waals surface area contributed by atoms with Crippen LogP contribution in [0.25, 0.3) is 10.9 Å². The van der Waals surface area contributed by atoms with Crippen LogP contribution in [0.15, 0.2) is 48.5 Å². The number of aromatic amines is 1. The molecule has 0 radical (unpaired) electrons. The first-order valence-corrected chi connectivity index (χ1v) is 8.33. The highest BCUT2D eigenvalue weighted by atomic mass is 32.1. The van der Waals surface area contributed by atoms with E-state index in [1.54, 1.807) is 6.07 Å². The van der Waals surface area contributed by atoms with Gasteiger partial charge < -0.3 is 11.1 Å². The quantitative estimate of drug-likeness (QED) is 0.630. The zero-order chi connectivity index (χ0) is 17.8. The number of primary amides is 1. The molecule has 25 heavy (non-hydrogen) atoms. The topological polar surface area (TPSA) is 87.0 Å². The van der Waals surface area contributed by atoms with Crippen molar-refractivity contribution in [2.45, 2.75) is 13.3 Å². The van der Waals surface area contributed by atoms with E-state index in [-0.39, 0.29) is 5.11 Å². The van der Waals surface area contributed by atoms with E-state index in [4.69, 9.17) is 18.0 Å². The maximum Gasteiger partial charge on any atom is 0.325 e. The Labute approximate surface area is 151 Å². The third kappa shape index (κ3) is 3.77. The normalized spacial score (nSPS) is 10.6. The minimum atomic E-state index is -0.627. The van der Waals surface area contributed by atoms with Crippen LogP contribution in [0.2, 0.25) is 0 Å². The average Bonchev–Trinajstić information content (AvgIpc) is 2.96. The van der Waals surface area contributed by atoms with Gasteiger partial charge >= 0.3 is 6.03 Å². The molecule has 3 aromatic rings. The Hall–Kier alpha value is -2.93. The molecule has 0 atom stereocenters. The predicted octanol–water partition coefficient (Wildman–Crippen LogP) is 2.87. The molecule has 6 nitrogen and oxygen atoms in total. The van der Waals surface area contributed by atoms with Crippen molar-refractivity contribution in [1.29, 1.82) is 0 Å². The Balaban J connectivity index is 1.74. The summed E-state index contributed by atoms with van der Waals surface area (Å²) in [5, 5.41) is 11.4. The second kappa shape index (κ2) is 7.31. The maximum atomic E-state index is 11.9. The van der Waals surface area contributed by atoms with Gasteiger partial charge in [-0.3, -0.25) is 5.10 Å². The van der Waals surface area contributed by atoms with Gasteiger partial charge in [-0.15, -0.1) is 0 Å². The molecule has 1 heterocycles. The van der Waals surface area contributed by atoms with Gasteiger partial charge in [0.25, 0.3) is 0 Å². The number of nitrogens with zero attached hydrogens (tertiary/aromatic N) is 2. The summed E-state index contributed by atoms with van der Waals surface area (Å²) < 4.78 is 0. The molecular weight excluding hydrogens is 334 g/mol. The van der Waals surface area contributed by atoms with Crippen LogP contribution in [-0.4, -0.2) is 27.9 Å². The lowest BCUT2D eigenvalue weighted by Gasteiger charge is -2.22. The third-order valence-electron chi connectivity index (χ3n) is 3.95. The molecule has 0 aliphatic rings. The molecule has 0 saturated carbocycles. The molecule has 2 aromatic carbocycles. The molecule has 0 fully saturated rings.